The van der Waals surface area contributed by atoms with Gasteiger partial charge in [0.2, 0.25) is 0 Å². The molecule has 154 valence electrons. The van der Waals surface area contributed by atoms with Crippen molar-refractivity contribution in [2.75, 3.05) is 38.1 Å². The lowest BCUT2D eigenvalue weighted by molar-refractivity contribution is -0.124. The summed E-state index contributed by atoms with van der Waals surface area (Å²) in [4.78, 5) is 26.9. The fraction of sp³-hybridized carbons (Fsp3) is 0.636. The fourth-order valence-corrected chi connectivity index (χ4v) is 4.29. The third-order valence-electron chi connectivity index (χ3n) is 5.52. The zero-order valence-corrected chi connectivity index (χ0v) is 17.1. The summed E-state index contributed by atoms with van der Waals surface area (Å²) in [6.07, 6.45) is 3.61. The zero-order valence-electron chi connectivity index (χ0n) is 17.1. The molecule has 0 spiro atoms. The van der Waals surface area contributed by atoms with Gasteiger partial charge in [0.1, 0.15) is 6.10 Å². The van der Waals surface area contributed by atoms with E-state index in [0.29, 0.717) is 24.4 Å². The lowest BCUT2D eigenvalue weighted by Crippen LogP contribution is -2.40. The van der Waals surface area contributed by atoms with Crippen LogP contribution in [0.4, 0.5) is 5.69 Å². The summed E-state index contributed by atoms with van der Waals surface area (Å²) in [5, 5.41) is 5.84. The molecule has 2 N–H and O–H groups in total. The third kappa shape index (κ3) is 6.04. The number of carbonyl (C=O) groups excluding carboxylic acids is 2. The number of rotatable bonds is 7. The van der Waals surface area contributed by atoms with Gasteiger partial charge >= 0.3 is 0 Å². The van der Waals surface area contributed by atoms with Gasteiger partial charge in [-0.1, -0.05) is 13.8 Å². The first kappa shape index (κ1) is 20.8. The standard InChI is InChI=1S/C22H33N3O3/c1-16-13-17(2)15-25(14-16)11-4-10-23-21(26)18-6-8-19(9-7-18)24-22(27)20-5-3-12-28-20/h6-9,16-17,20H,3-5,10-15H2,1-2H3,(H,23,26)(H,24,27). The number of piperidine rings is 1. The average Bonchev–Trinajstić information content (AvgIpc) is 3.20. The first-order valence-corrected chi connectivity index (χ1v) is 10.5. The van der Waals surface area contributed by atoms with Crippen LogP contribution >= 0.6 is 0 Å². The summed E-state index contributed by atoms with van der Waals surface area (Å²) >= 11 is 0. The minimum Gasteiger partial charge on any atom is -0.368 e. The number of likely N-dealkylation sites (tertiary alicyclic amines) is 1. The van der Waals surface area contributed by atoms with E-state index in [-0.39, 0.29) is 17.9 Å². The molecule has 0 bridgehead atoms. The summed E-state index contributed by atoms with van der Waals surface area (Å²) in [6.45, 7) is 9.31. The molecule has 28 heavy (non-hydrogen) atoms. The third-order valence-corrected chi connectivity index (χ3v) is 5.52. The predicted molar refractivity (Wildman–Crippen MR) is 110 cm³/mol. The molecule has 2 saturated heterocycles. The van der Waals surface area contributed by atoms with Crippen molar-refractivity contribution in [3.63, 3.8) is 0 Å². The number of carbonyl (C=O) groups is 2. The molecule has 2 aliphatic rings. The first-order valence-electron chi connectivity index (χ1n) is 10.5. The molecule has 2 fully saturated rings. The minimum absolute atomic E-state index is 0.0719. The van der Waals surface area contributed by atoms with E-state index in [4.69, 9.17) is 4.74 Å². The van der Waals surface area contributed by atoms with Gasteiger partial charge in [0.15, 0.2) is 0 Å². The van der Waals surface area contributed by atoms with Crippen molar-refractivity contribution < 1.29 is 14.3 Å². The molecule has 0 aromatic heterocycles. The highest BCUT2D eigenvalue weighted by Gasteiger charge is 2.23. The van der Waals surface area contributed by atoms with E-state index in [2.05, 4.69) is 29.4 Å². The van der Waals surface area contributed by atoms with Gasteiger partial charge in [0.25, 0.3) is 11.8 Å². The monoisotopic (exact) mass is 387 g/mol. The number of ether oxygens (including phenoxy) is 1. The molecule has 3 unspecified atom stereocenters. The van der Waals surface area contributed by atoms with Crippen molar-refractivity contribution >= 4 is 17.5 Å². The Balaban J connectivity index is 1.37. The van der Waals surface area contributed by atoms with Crippen LogP contribution < -0.4 is 10.6 Å². The summed E-state index contributed by atoms with van der Waals surface area (Å²) in [5.41, 5.74) is 1.29. The molecular formula is C22H33N3O3. The lowest BCUT2D eigenvalue weighted by Gasteiger charge is -2.34. The van der Waals surface area contributed by atoms with Crippen molar-refractivity contribution in [3.05, 3.63) is 29.8 Å². The number of hydrogen-bond acceptors (Lipinski definition) is 4. The van der Waals surface area contributed by atoms with Gasteiger partial charge in [-0.3, -0.25) is 9.59 Å². The van der Waals surface area contributed by atoms with Crippen LogP contribution in [0, 0.1) is 11.8 Å². The first-order chi connectivity index (χ1) is 13.5. The largest absolute Gasteiger partial charge is 0.368 e. The molecule has 2 amide bonds. The molecule has 2 heterocycles. The van der Waals surface area contributed by atoms with Crippen LogP contribution in [0.15, 0.2) is 24.3 Å². The second kappa shape index (κ2) is 10.0. The van der Waals surface area contributed by atoms with Gasteiger partial charge in [-0.15, -0.1) is 0 Å². The maximum atomic E-state index is 12.3. The van der Waals surface area contributed by atoms with Crippen LogP contribution in [0.3, 0.4) is 0 Å². The highest BCUT2D eigenvalue weighted by molar-refractivity contribution is 5.96. The molecule has 0 saturated carbocycles. The van der Waals surface area contributed by atoms with Crippen LogP contribution in [0.25, 0.3) is 0 Å². The zero-order chi connectivity index (χ0) is 19.9. The van der Waals surface area contributed by atoms with Crippen LogP contribution in [0.5, 0.6) is 0 Å². The molecule has 6 heteroatoms. The number of nitrogens with zero attached hydrogens (tertiary/aromatic N) is 1. The van der Waals surface area contributed by atoms with E-state index < -0.39 is 0 Å². The van der Waals surface area contributed by atoms with Crippen molar-refractivity contribution in [2.24, 2.45) is 11.8 Å². The lowest BCUT2D eigenvalue weighted by atomic mass is 9.92. The predicted octanol–water partition coefficient (Wildman–Crippen LogP) is 2.90. The van der Waals surface area contributed by atoms with Gasteiger partial charge in [-0.05, 0) is 68.3 Å². The van der Waals surface area contributed by atoms with Gasteiger partial charge in [0, 0.05) is 37.5 Å². The topological polar surface area (TPSA) is 70.7 Å². The highest BCUT2D eigenvalue weighted by Crippen LogP contribution is 2.20. The Labute approximate surface area is 168 Å². The Kier molecular flexibility index (Phi) is 7.45. The van der Waals surface area contributed by atoms with Crippen LogP contribution in [0.1, 0.15) is 49.9 Å². The second-order valence-corrected chi connectivity index (χ2v) is 8.38. The van der Waals surface area contributed by atoms with Gasteiger partial charge in [0.05, 0.1) is 0 Å². The summed E-state index contributed by atoms with van der Waals surface area (Å²) in [7, 11) is 0. The second-order valence-electron chi connectivity index (χ2n) is 8.38. The number of nitrogens with one attached hydrogen (secondary N) is 2. The highest BCUT2D eigenvalue weighted by atomic mass is 16.5. The molecule has 3 rings (SSSR count). The van der Waals surface area contributed by atoms with Crippen molar-refractivity contribution in [1.82, 2.24) is 10.2 Å². The van der Waals surface area contributed by atoms with Crippen LogP contribution in [0.2, 0.25) is 0 Å². The SMILES string of the molecule is CC1CC(C)CN(CCCNC(=O)c2ccc(NC(=O)C3CCCO3)cc2)C1. The van der Waals surface area contributed by atoms with Crippen molar-refractivity contribution in [3.8, 4) is 0 Å². The Bertz CT molecular complexity index is 645. The molecule has 3 atom stereocenters. The Hall–Kier alpha value is -1.92. The molecular weight excluding hydrogens is 354 g/mol. The van der Waals surface area contributed by atoms with Crippen LogP contribution in [-0.2, 0) is 9.53 Å². The number of hydrogen-bond donors (Lipinski definition) is 2. The maximum Gasteiger partial charge on any atom is 0.253 e. The van der Waals surface area contributed by atoms with Crippen molar-refractivity contribution in [1.29, 1.82) is 0 Å². The van der Waals surface area contributed by atoms with E-state index in [1.807, 2.05) is 0 Å². The number of benzene rings is 1. The van der Waals surface area contributed by atoms with Crippen molar-refractivity contribution in [2.45, 2.75) is 45.6 Å². The summed E-state index contributed by atoms with van der Waals surface area (Å²) in [6, 6.07) is 7.01. The van der Waals surface area contributed by atoms with E-state index >= 15 is 0 Å². The Morgan fingerprint density at radius 3 is 2.50 bits per heavy atom. The molecule has 1 aromatic rings. The molecule has 6 nitrogen and oxygen atoms in total. The maximum absolute atomic E-state index is 12.3. The normalized spacial score (nSPS) is 25.4. The molecule has 2 aliphatic heterocycles. The van der Waals surface area contributed by atoms with Gasteiger partial charge in [-0.2, -0.15) is 0 Å². The molecule has 0 radical (unpaired) electrons. The Morgan fingerprint density at radius 2 is 1.86 bits per heavy atom. The van der Waals surface area contributed by atoms with Gasteiger partial charge in [-0.25, -0.2) is 0 Å². The summed E-state index contributed by atoms with van der Waals surface area (Å²) < 4.78 is 5.38. The summed E-state index contributed by atoms with van der Waals surface area (Å²) in [5.74, 6) is 1.34. The fourth-order valence-electron chi connectivity index (χ4n) is 4.29. The van der Waals surface area contributed by atoms with Crippen LogP contribution in [-0.4, -0.2) is 55.6 Å². The van der Waals surface area contributed by atoms with E-state index in [9.17, 15) is 9.59 Å². The Morgan fingerprint density at radius 1 is 1.14 bits per heavy atom. The minimum atomic E-state index is -0.353. The van der Waals surface area contributed by atoms with E-state index in [0.717, 1.165) is 50.7 Å². The van der Waals surface area contributed by atoms with Gasteiger partial charge < -0.3 is 20.3 Å². The molecule has 1 aromatic carbocycles. The quantitative estimate of drug-likeness (QED) is 0.706. The van der Waals surface area contributed by atoms with E-state index in [1.54, 1.807) is 24.3 Å². The smallest absolute Gasteiger partial charge is 0.253 e. The van der Waals surface area contributed by atoms with E-state index in [1.165, 1.54) is 6.42 Å². The number of amides is 2. The average molecular weight is 388 g/mol. The molecule has 0 aliphatic carbocycles. The number of anilines is 1.